The van der Waals surface area contributed by atoms with Gasteiger partial charge < -0.3 is 14.8 Å². The van der Waals surface area contributed by atoms with E-state index in [-0.39, 0.29) is 5.91 Å². The van der Waals surface area contributed by atoms with Crippen LogP contribution in [-0.4, -0.2) is 44.6 Å². The minimum Gasteiger partial charge on any atom is -0.381 e. The van der Waals surface area contributed by atoms with E-state index in [1.807, 2.05) is 0 Å². The first kappa shape index (κ1) is 18.3. The monoisotopic (exact) mass is 337 g/mol. The Morgan fingerprint density at radius 2 is 2.04 bits per heavy atom. The normalized spacial score (nSPS) is 15.5. The third-order valence-electron chi connectivity index (χ3n) is 3.87. The molecule has 4 nitrogen and oxygen atoms in total. The summed E-state index contributed by atoms with van der Waals surface area (Å²) in [7, 11) is 0. The molecule has 0 spiro atoms. The zero-order valence-corrected chi connectivity index (χ0v) is 14.7. The topological polar surface area (TPSA) is 47.6 Å². The molecule has 5 heteroatoms. The molecule has 1 saturated heterocycles. The van der Waals surface area contributed by atoms with E-state index >= 15 is 0 Å². The van der Waals surface area contributed by atoms with Crippen molar-refractivity contribution in [3.63, 3.8) is 0 Å². The fourth-order valence-corrected chi connectivity index (χ4v) is 3.13. The lowest BCUT2D eigenvalue weighted by atomic mass is 10.0. The van der Waals surface area contributed by atoms with Crippen molar-refractivity contribution in [1.82, 2.24) is 5.32 Å². The van der Waals surface area contributed by atoms with Crippen LogP contribution in [0.4, 0.5) is 0 Å². The number of aryl methyl sites for hydroxylation is 1. The fourth-order valence-electron chi connectivity index (χ4n) is 2.40. The van der Waals surface area contributed by atoms with E-state index in [2.05, 4.69) is 36.5 Å². The minimum atomic E-state index is 0.0833. The molecule has 0 radical (unpaired) electrons. The maximum Gasteiger partial charge on any atom is 0.230 e. The molecule has 0 bridgehead atoms. The van der Waals surface area contributed by atoms with E-state index in [4.69, 9.17) is 9.47 Å². The van der Waals surface area contributed by atoms with Gasteiger partial charge in [-0.3, -0.25) is 4.79 Å². The molecule has 0 aliphatic carbocycles. The molecule has 1 heterocycles. The maximum absolute atomic E-state index is 11.8. The molecule has 1 aliphatic rings. The minimum absolute atomic E-state index is 0.0833. The quantitative estimate of drug-likeness (QED) is 0.556. The molecule has 0 atom stereocenters. The van der Waals surface area contributed by atoms with Gasteiger partial charge in [0.15, 0.2) is 0 Å². The average molecular weight is 337 g/mol. The second-order valence-corrected chi connectivity index (χ2v) is 6.98. The van der Waals surface area contributed by atoms with Gasteiger partial charge in [-0.1, -0.05) is 17.7 Å². The van der Waals surface area contributed by atoms with Crippen molar-refractivity contribution in [1.29, 1.82) is 0 Å². The lowest BCUT2D eigenvalue weighted by Crippen LogP contribution is -2.27. The summed E-state index contributed by atoms with van der Waals surface area (Å²) < 4.78 is 11.0. The largest absolute Gasteiger partial charge is 0.381 e. The van der Waals surface area contributed by atoms with Crippen LogP contribution in [0.2, 0.25) is 0 Å². The molecule has 0 saturated carbocycles. The number of hydrogen-bond acceptors (Lipinski definition) is 4. The highest BCUT2D eigenvalue weighted by atomic mass is 32.2. The predicted octanol–water partition coefficient (Wildman–Crippen LogP) is 3.04. The molecule has 1 aromatic rings. The van der Waals surface area contributed by atoms with Gasteiger partial charge in [-0.15, -0.1) is 11.8 Å². The zero-order valence-electron chi connectivity index (χ0n) is 13.9. The van der Waals surface area contributed by atoms with Gasteiger partial charge in [-0.2, -0.15) is 0 Å². The van der Waals surface area contributed by atoms with E-state index in [1.54, 1.807) is 11.8 Å². The summed E-state index contributed by atoms with van der Waals surface area (Å²) in [5, 5.41) is 2.94. The van der Waals surface area contributed by atoms with Gasteiger partial charge in [0.2, 0.25) is 5.91 Å². The molecule has 128 valence electrons. The number of thioether (sulfide) groups is 1. The number of carbonyl (C=O) groups is 1. The summed E-state index contributed by atoms with van der Waals surface area (Å²) in [5.41, 5.74) is 1.24. The first-order chi connectivity index (χ1) is 11.2. The highest BCUT2D eigenvalue weighted by molar-refractivity contribution is 8.00. The van der Waals surface area contributed by atoms with Crippen molar-refractivity contribution in [3.8, 4) is 0 Å². The van der Waals surface area contributed by atoms with Gasteiger partial charge in [0, 0.05) is 37.9 Å². The van der Waals surface area contributed by atoms with E-state index in [1.165, 1.54) is 5.56 Å². The van der Waals surface area contributed by atoms with E-state index in [9.17, 15) is 4.79 Å². The molecule has 2 rings (SSSR count). The van der Waals surface area contributed by atoms with Crippen LogP contribution in [0.25, 0.3) is 0 Å². The number of nitrogens with one attached hydrogen (secondary N) is 1. The third kappa shape index (κ3) is 7.86. The Bertz CT molecular complexity index is 458. The summed E-state index contributed by atoms with van der Waals surface area (Å²) >= 11 is 1.57. The van der Waals surface area contributed by atoms with Gasteiger partial charge >= 0.3 is 0 Å². The van der Waals surface area contributed by atoms with E-state index in [0.29, 0.717) is 24.8 Å². The van der Waals surface area contributed by atoms with Gasteiger partial charge in [0.05, 0.1) is 5.75 Å². The van der Waals surface area contributed by atoms with Crippen LogP contribution in [0.15, 0.2) is 29.2 Å². The van der Waals surface area contributed by atoms with Crippen molar-refractivity contribution in [2.24, 2.45) is 5.92 Å². The Hall–Kier alpha value is -1.04. The average Bonchev–Trinajstić information content (AvgIpc) is 2.58. The number of hydrogen-bond donors (Lipinski definition) is 1. The van der Waals surface area contributed by atoms with Crippen LogP contribution >= 0.6 is 11.8 Å². The van der Waals surface area contributed by atoms with E-state index in [0.717, 1.165) is 44.0 Å². The van der Waals surface area contributed by atoms with Crippen LogP contribution in [0, 0.1) is 12.8 Å². The Morgan fingerprint density at radius 1 is 1.30 bits per heavy atom. The molecular formula is C18H27NO3S. The first-order valence-electron chi connectivity index (χ1n) is 8.35. The number of amides is 1. The third-order valence-corrected chi connectivity index (χ3v) is 4.88. The highest BCUT2D eigenvalue weighted by Gasteiger charge is 2.13. The lowest BCUT2D eigenvalue weighted by molar-refractivity contribution is -0.118. The molecule has 23 heavy (non-hydrogen) atoms. The standard InChI is InChI=1S/C18H27NO3S/c1-15-3-5-17(6-4-15)23-14-18(20)19-9-2-10-22-13-16-7-11-21-12-8-16/h3-6,16H,2,7-14H2,1H3,(H,19,20). The lowest BCUT2D eigenvalue weighted by Gasteiger charge is -2.21. The number of carbonyl (C=O) groups excluding carboxylic acids is 1. The van der Waals surface area contributed by atoms with Gasteiger partial charge in [-0.05, 0) is 44.2 Å². The molecule has 1 N–H and O–H groups in total. The molecule has 0 aromatic heterocycles. The van der Waals surface area contributed by atoms with Crippen LogP contribution in [-0.2, 0) is 14.3 Å². The Labute approximate surface area is 143 Å². The Morgan fingerprint density at radius 3 is 2.78 bits per heavy atom. The van der Waals surface area contributed by atoms with Crippen molar-refractivity contribution in [3.05, 3.63) is 29.8 Å². The summed E-state index contributed by atoms with van der Waals surface area (Å²) in [4.78, 5) is 12.9. The fraction of sp³-hybridized carbons (Fsp3) is 0.611. The maximum atomic E-state index is 11.8. The smallest absolute Gasteiger partial charge is 0.230 e. The van der Waals surface area contributed by atoms with Crippen LogP contribution in [0.1, 0.15) is 24.8 Å². The SMILES string of the molecule is Cc1ccc(SCC(=O)NCCCOCC2CCOCC2)cc1. The van der Waals surface area contributed by atoms with Gasteiger partial charge in [0.1, 0.15) is 0 Å². The van der Waals surface area contributed by atoms with Gasteiger partial charge in [0.25, 0.3) is 0 Å². The predicted molar refractivity (Wildman–Crippen MR) is 93.9 cm³/mol. The summed E-state index contributed by atoms with van der Waals surface area (Å²) in [5.74, 6) is 1.19. The molecule has 1 aromatic carbocycles. The van der Waals surface area contributed by atoms with Crippen molar-refractivity contribution in [2.75, 3.05) is 38.7 Å². The number of benzene rings is 1. The van der Waals surface area contributed by atoms with Crippen molar-refractivity contribution < 1.29 is 14.3 Å². The highest BCUT2D eigenvalue weighted by Crippen LogP contribution is 2.17. The second-order valence-electron chi connectivity index (χ2n) is 5.94. The molecule has 1 aliphatic heterocycles. The van der Waals surface area contributed by atoms with Crippen LogP contribution in [0.3, 0.4) is 0 Å². The zero-order chi connectivity index (χ0) is 16.3. The molecule has 1 fully saturated rings. The van der Waals surface area contributed by atoms with Gasteiger partial charge in [-0.25, -0.2) is 0 Å². The Balaban J connectivity index is 1.45. The van der Waals surface area contributed by atoms with Crippen LogP contribution in [0.5, 0.6) is 0 Å². The first-order valence-corrected chi connectivity index (χ1v) is 9.34. The van der Waals surface area contributed by atoms with Crippen molar-refractivity contribution >= 4 is 17.7 Å². The summed E-state index contributed by atoms with van der Waals surface area (Å²) in [6, 6.07) is 8.24. The second kappa shape index (κ2) is 10.7. The number of ether oxygens (including phenoxy) is 2. The van der Waals surface area contributed by atoms with Crippen molar-refractivity contribution in [2.45, 2.75) is 31.1 Å². The molecular weight excluding hydrogens is 310 g/mol. The summed E-state index contributed by atoms with van der Waals surface area (Å²) in [6.07, 6.45) is 3.07. The van der Waals surface area contributed by atoms with Crippen LogP contribution < -0.4 is 5.32 Å². The van der Waals surface area contributed by atoms with E-state index < -0.39 is 0 Å². The summed E-state index contributed by atoms with van der Waals surface area (Å²) in [6.45, 7) is 6.00. The molecule has 0 unspecified atom stereocenters. The molecule has 1 amide bonds. The Kier molecular flexibility index (Phi) is 8.50. The number of rotatable bonds is 9.